The molecule has 0 nitrogen and oxygen atoms in total. The van der Waals surface area contributed by atoms with Gasteiger partial charge in [-0.15, -0.1) is 0 Å². The van der Waals surface area contributed by atoms with Crippen molar-refractivity contribution in [2.24, 2.45) is 5.92 Å². The van der Waals surface area contributed by atoms with Gasteiger partial charge in [0.05, 0.1) is 0 Å². The molecule has 0 bridgehead atoms. The number of hydrogen-bond acceptors (Lipinski definition) is 0. The van der Waals surface area contributed by atoms with Crippen LogP contribution in [0.5, 0.6) is 0 Å². The average molecular weight is 486 g/mol. The molecule has 2 aromatic carbocycles. The molecule has 3 unspecified atom stereocenters. The average Bonchev–Trinajstić information content (AvgIpc) is 3.38. The van der Waals surface area contributed by atoms with E-state index in [9.17, 15) is 0 Å². The van der Waals surface area contributed by atoms with E-state index >= 15 is 0 Å². The van der Waals surface area contributed by atoms with Crippen molar-refractivity contribution >= 4 is 18.3 Å². The van der Waals surface area contributed by atoms with Gasteiger partial charge < -0.3 is 0 Å². The topological polar surface area (TPSA) is 0 Å². The van der Waals surface area contributed by atoms with Crippen molar-refractivity contribution in [2.45, 2.75) is 63.1 Å². The Kier molecular flexibility index (Phi) is 5.75. The second-order valence-corrected chi connectivity index (χ2v) is 26.5. The summed E-state index contributed by atoms with van der Waals surface area (Å²) in [6.07, 6.45) is 9.67. The molecular weight excluding hydrogens is 448 g/mol. The van der Waals surface area contributed by atoms with Crippen molar-refractivity contribution in [1.82, 2.24) is 0 Å². The molecule has 3 aliphatic carbocycles. The zero-order chi connectivity index (χ0) is 23.7. The van der Waals surface area contributed by atoms with E-state index in [2.05, 4.69) is 115 Å². The molecule has 33 heavy (non-hydrogen) atoms. The third kappa shape index (κ3) is 3.27. The van der Waals surface area contributed by atoms with Gasteiger partial charge in [-0.25, -0.2) is 0 Å². The van der Waals surface area contributed by atoms with Crippen molar-refractivity contribution in [3.8, 4) is 0 Å². The van der Waals surface area contributed by atoms with E-state index in [0.717, 1.165) is 0 Å². The quantitative estimate of drug-likeness (QED) is 0.381. The van der Waals surface area contributed by atoms with E-state index in [4.69, 9.17) is 0 Å². The minimum absolute atomic E-state index is 0.563. The molecule has 0 aliphatic heterocycles. The summed E-state index contributed by atoms with van der Waals surface area (Å²) in [6.45, 7) is 19.6. The molecule has 0 aromatic heterocycles. The standard InChI is InChI=1S/2C11H11.C7H9.C2H6Si.Ti/c2*1-8-6-10-5-3-4-9(2)11(10)7-8;1-6-3-4-7(2)5-6;1-3-2;/h2*3-7H,1-2H3;3,5,7H,1-2H3;1-2H3;. The zero-order valence-electron chi connectivity index (χ0n) is 21.5. The Morgan fingerprint density at radius 2 is 1.18 bits per heavy atom. The number of rotatable bonds is 3. The molecular formula is C31H37SiTi. The number of allylic oxidation sites excluding steroid dienone is 6. The first-order valence-electron chi connectivity index (χ1n) is 12.4. The Morgan fingerprint density at radius 1 is 0.697 bits per heavy atom. The van der Waals surface area contributed by atoms with Crippen LogP contribution in [-0.2, 0) is 15.3 Å². The zero-order valence-corrected chi connectivity index (χ0v) is 24.1. The molecule has 0 amide bonds. The van der Waals surface area contributed by atoms with E-state index in [0.29, 0.717) is 14.4 Å². The summed E-state index contributed by atoms with van der Waals surface area (Å²) in [5.74, 6) is 0.563. The molecule has 0 fully saturated rings. The van der Waals surface area contributed by atoms with Gasteiger partial charge in [-0.05, 0) is 0 Å². The van der Waals surface area contributed by atoms with E-state index in [1.807, 2.05) is 3.88 Å². The second kappa shape index (κ2) is 8.22. The van der Waals surface area contributed by atoms with Gasteiger partial charge >= 0.3 is 205 Å². The van der Waals surface area contributed by atoms with Gasteiger partial charge in [0.15, 0.2) is 0 Å². The Labute approximate surface area is 204 Å². The van der Waals surface area contributed by atoms with Crippen molar-refractivity contribution in [1.29, 1.82) is 0 Å². The summed E-state index contributed by atoms with van der Waals surface area (Å²) in [6, 6.07) is 14.2. The summed E-state index contributed by atoms with van der Waals surface area (Å²) in [4.78, 5) is 0. The number of fused-ring (bicyclic) bond motifs is 2. The fraction of sp³-hybridized carbons (Fsp3) is 0.355. The van der Waals surface area contributed by atoms with Crippen LogP contribution in [-0.4, -0.2) is 6.19 Å². The molecule has 3 aliphatic rings. The SMILES string of the molecule is CC1=CC(C)[C]([Ti]([CH]2C(C)=Cc3c(C)cccc32)([CH]2C(C)=Cc3c(C)cccc32)=[Si](C)C)=C1. The van der Waals surface area contributed by atoms with Crippen LogP contribution in [0.1, 0.15) is 69.5 Å². The van der Waals surface area contributed by atoms with Crippen LogP contribution >= 0.6 is 0 Å². The van der Waals surface area contributed by atoms with Gasteiger partial charge in [-0.2, -0.15) is 0 Å². The van der Waals surface area contributed by atoms with E-state index < -0.39 is 21.5 Å². The molecule has 2 aromatic rings. The third-order valence-electron chi connectivity index (χ3n) is 8.59. The van der Waals surface area contributed by atoms with E-state index in [1.54, 1.807) is 22.3 Å². The normalized spacial score (nSPS) is 25.0. The number of benzene rings is 2. The molecule has 3 atom stereocenters. The van der Waals surface area contributed by atoms with Gasteiger partial charge in [0.2, 0.25) is 0 Å². The van der Waals surface area contributed by atoms with E-state index in [1.165, 1.54) is 27.8 Å². The maximum absolute atomic E-state index is 2.83. The van der Waals surface area contributed by atoms with Crippen LogP contribution in [0.15, 0.2) is 69.1 Å². The summed E-state index contributed by atoms with van der Waals surface area (Å²) < 4.78 is 3.07. The molecule has 0 saturated carbocycles. The summed E-state index contributed by atoms with van der Waals surface area (Å²) in [5.41, 5.74) is 13.9. The number of aryl methyl sites for hydroxylation is 2. The molecule has 0 N–H and O–H groups in total. The number of hydrogen-bond donors (Lipinski definition) is 0. The summed E-state index contributed by atoms with van der Waals surface area (Å²) >= 11 is -2.83. The fourth-order valence-electron chi connectivity index (χ4n) is 7.40. The molecule has 0 heterocycles. The van der Waals surface area contributed by atoms with Crippen LogP contribution in [0, 0.1) is 19.8 Å². The van der Waals surface area contributed by atoms with Crippen molar-refractivity contribution in [3.05, 3.63) is 103 Å². The first kappa shape index (κ1) is 23.1. The Morgan fingerprint density at radius 3 is 1.58 bits per heavy atom. The van der Waals surface area contributed by atoms with Gasteiger partial charge in [-0.1, -0.05) is 0 Å². The van der Waals surface area contributed by atoms with E-state index in [-0.39, 0.29) is 0 Å². The molecule has 5 rings (SSSR count). The maximum atomic E-state index is 2.66. The molecule has 169 valence electrons. The van der Waals surface area contributed by atoms with Crippen LogP contribution < -0.4 is 0 Å². The van der Waals surface area contributed by atoms with Crippen molar-refractivity contribution in [3.63, 3.8) is 0 Å². The predicted molar refractivity (Wildman–Crippen MR) is 144 cm³/mol. The Balaban J connectivity index is 1.90. The predicted octanol–water partition coefficient (Wildman–Crippen LogP) is 8.80. The van der Waals surface area contributed by atoms with Crippen LogP contribution in [0.2, 0.25) is 13.1 Å². The van der Waals surface area contributed by atoms with Crippen LogP contribution in [0.25, 0.3) is 12.2 Å². The minimum atomic E-state index is -2.83. The Hall–Kier alpha value is -1.67. The van der Waals surface area contributed by atoms with Gasteiger partial charge in [-0.3, -0.25) is 0 Å². The monoisotopic (exact) mass is 485 g/mol. The van der Waals surface area contributed by atoms with Crippen molar-refractivity contribution < 1.29 is 15.3 Å². The fourth-order valence-corrected chi connectivity index (χ4v) is 30.1. The summed E-state index contributed by atoms with van der Waals surface area (Å²) in [5, 5.41) is 0. The van der Waals surface area contributed by atoms with Crippen molar-refractivity contribution in [2.75, 3.05) is 0 Å². The Bertz CT molecular complexity index is 1280. The summed E-state index contributed by atoms with van der Waals surface area (Å²) in [7, 11) is 0. The molecule has 2 heteroatoms. The second-order valence-electron chi connectivity index (χ2n) is 11.0. The van der Waals surface area contributed by atoms with Gasteiger partial charge in [0.25, 0.3) is 0 Å². The van der Waals surface area contributed by atoms with Crippen LogP contribution in [0.4, 0.5) is 0 Å². The first-order valence-corrected chi connectivity index (χ1v) is 19.9. The molecule has 0 spiro atoms. The van der Waals surface area contributed by atoms with Gasteiger partial charge in [0.1, 0.15) is 0 Å². The van der Waals surface area contributed by atoms with Crippen LogP contribution in [0.3, 0.4) is 0 Å². The van der Waals surface area contributed by atoms with Gasteiger partial charge in [0, 0.05) is 0 Å². The third-order valence-corrected chi connectivity index (χ3v) is 29.2. The first-order chi connectivity index (χ1) is 15.7. The molecule has 0 radical (unpaired) electrons. The molecule has 0 saturated heterocycles.